The van der Waals surface area contributed by atoms with Crippen molar-refractivity contribution in [2.24, 2.45) is 0 Å². The number of benzene rings is 1. The van der Waals surface area contributed by atoms with Crippen LogP contribution in [0.5, 0.6) is 0 Å². The average Bonchev–Trinajstić information content (AvgIpc) is 2.75. The van der Waals surface area contributed by atoms with E-state index in [0.717, 1.165) is 17.0 Å². The first-order chi connectivity index (χ1) is 8.91. The summed E-state index contributed by atoms with van der Waals surface area (Å²) in [4.78, 5) is 24.1. The molecule has 1 aromatic carbocycles. The van der Waals surface area contributed by atoms with E-state index in [1.807, 2.05) is 0 Å². The second kappa shape index (κ2) is 5.24. The summed E-state index contributed by atoms with van der Waals surface area (Å²) in [6, 6.07) is 0.930. The van der Waals surface area contributed by atoms with Crippen molar-refractivity contribution in [2.75, 3.05) is 6.54 Å². The van der Waals surface area contributed by atoms with Gasteiger partial charge in [-0.25, -0.2) is 13.6 Å². The monoisotopic (exact) mass is 333 g/mol. The molecule has 0 saturated carbocycles. The molecular weight excluding hydrogens is 324 g/mol. The Balaban J connectivity index is 2.37. The zero-order valence-corrected chi connectivity index (χ0v) is 11.3. The summed E-state index contributed by atoms with van der Waals surface area (Å²) < 4.78 is 27.5. The molecule has 0 spiro atoms. The van der Waals surface area contributed by atoms with Gasteiger partial charge in [0.05, 0.1) is 0 Å². The lowest BCUT2D eigenvalue weighted by Crippen LogP contribution is -2.41. The molecule has 1 aromatic rings. The van der Waals surface area contributed by atoms with Crippen LogP contribution < -0.4 is 0 Å². The lowest BCUT2D eigenvalue weighted by molar-refractivity contribution is -0.141. The fraction of sp³-hybridized carbons (Fsp3) is 0.333. The molecule has 1 atom stereocenters. The maximum Gasteiger partial charge on any atom is 0.326 e. The van der Waals surface area contributed by atoms with Crippen molar-refractivity contribution in [2.45, 2.75) is 18.9 Å². The van der Waals surface area contributed by atoms with E-state index in [1.165, 1.54) is 0 Å². The highest BCUT2D eigenvalue weighted by atomic mass is 79.9. The molecule has 1 unspecified atom stereocenters. The van der Waals surface area contributed by atoms with Gasteiger partial charge in [0.2, 0.25) is 0 Å². The van der Waals surface area contributed by atoms with Crippen LogP contribution in [-0.4, -0.2) is 34.5 Å². The first kappa shape index (κ1) is 13.9. The Bertz CT molecular complexity index is 527. The number of carboxylic acids is 1. The van der Waals surface area contributed by atoms with Crippen LogP contribution in [0.1, 0.15) is 23.2 Å². The van der Waals surface area contributed by atoms with Gasteiger partial charge in [-0.05, 0) is 25.0 Å². The van der Waals surface area contributed by atoms with Crippen LogP contribution in [0.4, 0.5) is 8.78 Å². The van der Waals surface area contributed by atoms with Crippen molar-refractivity contribution >= 4 is 27.8 Å². The normalized spacial score (nSPS) is 18.7. The number of aliphatic carboxylic acids is 1. The number of carbonyl (C=O) groups is 2. The molecule has 102 valence electrons. The molecule has 7 heteroatoms. The zero-order chi connectivity index (χ0) is 14.2. The summed E-state index contributed by atoms with van der Waals surface area (Å²) in [5.74, 6) is -4.10. The molecule has 1 saturated heterocycles. The number of hydrogen-bond acceptors (Lipinski definition) is 2. The Morgan fingerprint density at radius 1 is 1.32 bits per heavy atom. The Kier molecular flexibility index (Phi) is 3.84. The highest BCUT2D eigenvalue weighted by Crippen LogP contribution is 2.25. The summed E-state index contributed by atoms with van der Waals surface area (Å²) in [7, 11) is 0. The molecule has 0 aromatic heterocycles. The van der Waals surface area contributed by atoms with E-state index in [0.29, 0.717) is 12.8 Å². The lowest BCUT2D eigenvalue weighted by atomic mass is 10.1. The summed E-state index contributed by atoms with van der Waals surface area (Å²) in [6.07, 6.45) is 0.795. The molecule has 0 bridgehead atoms. The van der Waals surface area contributed by atoms with Crippen molar-refractivity contribution in [1.29, 1.82) is 0 Å². The number of rotatable bonds is 2. The summed E-state index contributed by atoms with van der Waals surface area (Å²) >= 11 is 2.92. The van der Waals surface area contributed by atoms with E-state index in [2.05, 4.69) is 15.9 Å². The van der Waals surface area contributed by atoms with Gasteiger partial charge in [-0.2, -0.15) is 0 Å². The largest absolute Gasteiger partial charge is 0.480 e. The minimum absolute atomic E-state index is 0.176. The number of hydrogen-bond donors (Lipinski definition) is 1. The van der Waals surface area contributed by atoms with Gasteiger partial charge < -0.3 is 10.0 Å². The van der Waals surface area contributed by atoms with Gasteiger partial charge in [0.1, 0.15) is 23.2 Å². The van der Waals surface area contributed by atoms with Crippen molar-refractivity contribution < 1.29 is 23.5 Å². The third-order valence-electron chi connectivity index (χ3n) is 3.02. The molecule has 1 aliphatic rings. The maximum atomic E-state index is 13.7. The van der Waals surface area contributed by atoms with Crippen molar-refractivity contribution in [3.63, 3.8) is 0 Å². The maximum absolute atomic E-state index is 13.7. The van der Waals surface area contributed by atoms with Crippen molar-refractivity contribution in [1.82, 2.24) is 4.90 Å². The summed E-state index contributed by atoms with van der Waals surface area (Å²) in [6.45, 7) is 0.185. The predicted octanol–water partition coefficient (Wildman–Crippen LogP) is 2.42. The highest BCUT2D eigenvalue weighted by Gasteiger charge is 2.36. The summed E-state index contributed by atoms with van der Waals surface area (Å²) in [5.41, 5.74) is -0.712. The summed E-state index contributed by atoms with van der Waals surface area (Å²) in [5, 5.41) is 8.97. The van der Waals surface area contributed by atoms with Gasteiger partial charge in [-0.15, -0.1) is 0 Å². The minimum Gasteiger partial charge on any atom is -0.480 e. The Morgan fingerprint density at radius 3 is 2.42 bits per heavy atom. The number of likely N-dealkylation sites (tertiary alicyclic amines) is 1. The molecule has 1 amide bonds. The topological polar surface area (TPSA) is 57.6 Å². The third kappa shape index (κ3) is 2.60. The molecule has 1 fully saturated rings. The molecule has 19 heavy (non-hydrogen) atoms. The van der Waals surface area contributed by atoms with Gasteiger partial charge in [-0.3, -0.25) is 4.79 Å². The molecule has 0 aliphatic carbocycles. The fourth-order valence-electron chi connectivity index (χ4n) is 2.16. The quantitative estimate of drug-likeness (QED) is 0.904. The standard InChI is InChI=1S/C12H10BrF2NO3/c13-6-4-7(14)10(8(15)5-6)11(17)16-3-1-2-9(16)12(18)19/h4-5,9H,1-3H2,(H,18,19). The molecule has 0 radical (unpaired) electrons. The fourth-order valence-corrected chi connectivity index (χ4v) is 2.56. The molecule has 4 nitrogen and oxygen atoms in total. The van der Waals surface area contributed by atoms with Crippen LogP contribution in [0.3, 0.4) is 0 Å². The first-order valence-electron chi connectivity index (χ1n) is 5.60. The van der Waals surface area contributed by atoms with Crippen LogP contribution in [0.25, 0.3) is 0 Å². The number of nitrogens with zero attached hydrogens (tertiary/aromatic N) is 1. The predicted molar refractivity (Wildman–Crippen MR) is 65.8 cm³/mol. The zero-order valence-electron chi connectivity index (χ0n) is 9.70. The number of halogens is 3. The number of amides is 1. The van der Waals surface area contributed by atoms with Gasteiger partial charge in [0.15, 0.2) is 0 Å². The smallest absolute Gasteiger partial charge is 0.326 e. The second-order valence-corrected chi connectivity index (χ2v) is 5.15. The Morgan fingerprint density at radius 2 is 1.89 bits per heavy atom. The van der Waals surface area contributed by atoms with Gasteiger partial charge in [-0.1, -0.05) is 15.9 Å². The number of carboxylic acid groups (broad SMARTS) is 1. The molecule has 1 N–H and O–H groups in total. The molecular formula is C12H10BrF2NO3. The van der Waals surface area contributed by atoms with E-state index in [9.17, 15) is 18.4 Å². The minimum atomic E-state index is -1.16. The lowest BCUT2D eigenvalue weighted by Gasteiger charge is -2.21. The number of carbonyl (C=O) groups excluding carboxylic acids is 1. The van der Waals surface area contributed by atoms with Crippen LogP contribution in [0.15, 0.2) is 16.6 Å². The van der Waals surface area contributed by atoms with E-state index in [-0.39, 0.29) is 11.0 Å². The molecule has 2 rings (SSSR count). The second-order valence-electron chi connectivity index (χ2n) is 4.24. The molecule has 1 aliphatic heterocycles. The van der Waals surface area contributed by atoms with E-state index >= 15 is 0 Å². The van der Waals surface area contributed by atoms with Gasteiger partial charge in [0, 0.05) is 11.0 Å². The molecule has 1 heterocycles. The van der Waals surface area contributed by atoms with Crippen molar-refractivity contribution in [3.8, 4) is 0 Å². The van der Waals surface area contributed by atoms with Crippen LogP contribution in [-0.2, 0) is 4.79 Å². The van der Waals surface area contributed by atoms with Gasteiger partial charge >= 0.3 is 5.97 Å². The van der Waals surface area contributed by atoms with Crippen LogP contribution in [0, 0.1) is 11.6 Å². The van der Waals surface area contributed by atoms with E-state index in [4.69, 9.17) is 5.11 Å². The highest BCUT2D eigenvalue weighted by molar-refractivity contribution is 9.10. The Hall–Kier alpha value is -1.50. The van der Waals surface area contributed by atoms with Crippen molar-refractivity contribution in [3.05, 3.63) is 33.8 Å². The van der Waals surface area contributed by atoms with Crippen LogP contribution in [0.2, 0.25) is 0 Å². The Labute approximate surface area is 116 Å². The average molecular weight is 334 g/mol. The van der Waals surface area contributed by atoms with E-state index < -0.39 is 35.1 Å². The SMILES string of the molecule is O=C(O)C1CCCN1C(=O)c1c(F)cc(Br)cc1F. The van der Waals surface area contributed by atoms with E-state index in [1.54, 1.807) is 0 Å². The van der Waals surface area contributed by atoms with Crippen LogP contribution >= 0.6 is 15.9 Å². The first-order valence-corrected chi connectivity index (χ1v) is 6.39. The van der Waals surface area contributed by atoms with Gasteiger partial charge in [0.25, 0.3) is 5.91 Å². The third-order valence-corrected chi connectivity index (χ3v) is 3.48.